The maximum absolute atomic E-state index is 11.7. The van der Waals surface area contributed by atoms with Crippen LogP contribution < -0.4 is 5.32 Å². The van der Waals surface area contributed by atoms with Crippen molar-refractivity contribution in [2.45, 2.75) is 6.54 Å². The highest BCUT2D eigenvalue weighted by atomic mass is 79.9. The van der Waals surface area contributed by atoms with Crippen LogP contribution in [0.4, 0.5) is 5.69 Å². The van der Waals surface area contributed by atoms with Crippen molar-refractivity contribution in [1.29, 1.82) is 0 Å². The number of aromatic nitrogens is 4. The van der Waals surface area contributed by atoms with Crippen molar-refractivity contribution in [3.05, 3.63) is 34.6 Å². The summed E-state index contributed by atoms with van der Waals surface area (Å²) >= 11 is 3.12. The predicted octanol–water partition coefficient (Wildman–Crippen LogP) is 0.772. The molecule has 1 amide bonds. The first-order chi connectivity index (χ1) is 9.06. The lowest BCUT2D eigenvalue weighted by Gasteiger charge is -2.06. The van der Waals surface area contributed by atoms with Crippen molar-refractivity contribution in [3.63, 3.8) is 0 Å². The molecule has 2 rings (SSSR count). The summed E-state index contributed by atoms with van der Waals surface area (Å²) in [4.78, 5) is 22.6. The van der Waals surface area contributed by atoms with Gasteiger partial charge in [0.05, 0.1) is 5.56 Å². The van der Waals surface area contributed by atoms with E-state index in [2.05, 4.69) is 36.8 Å². The topological polar surface area (TPSA) is 110 Å². The van der Waals surface area contributed by atoms with Crippen LogP contribution >= 0.6 is 15.9 Å². The van der Waals surface area contributed by atoms with Crippen molar-refractivity contribution >= 4 is 33.5 Å². The van der Waals surface area contributed by atoms with Crippen molar-refractivity contribution in [3.8, 4) is 0 Å². The van der Waals surface area contributed by atoms with Crippen LogP contribution in [0, 0.1) is 0 Å². The Morgan fingerprint density at radius 1 is 1.42 bits per heavy atom. The zero-order valence-corrected chi connectivity index (χ0v) is 11.0. The molecule has 0 aliphatic rings. The molecule has 1 heterocycles. The number of benzene rings is 1. The molecule has 9 heteroatoms. The molecule has 98 valence electrons. The Bertz CT molecular complexity index is 614. The zero-order valence-electron chi connectivity index (χ0n) is 9.45. The number of nitrogens with zero attached hydrogens (tertiary/aromatic N) is 4. The third kappa shape index (κ3) is 3.35. The fourth-order valence-electron chi connectivity index (χ4n) is 1.37. The summed E-state index contributed by atoms with van der Waals surface area (Å²) in [5, 5.41) is 21.9. The van der Waals surface area contributed by atoms with E-state index in [0.29, 0.717) is 10.2 Å². The van der Waals surface area contributed by atoms with Crippen LogP contribution in [0.1, 0.15) is 10.4 Å². The van der Waals surface area contributed by atoms with Crippen LogP contribution in [0.15, 0.2) is 29.0 Å². The number of rotatable bonds is 4. The highest BCUT2D eigenvalue weighted by Gasteiger charge is 2.11. The van der Waals surface area contributed by atoms with E-state index in [1.165, 1.54) is 17.1 Å². The standard InChI is InChI=1S/C10H8BrN5O3/c11-8-2-1-6(3-7(8)10(18)19)13-9(17)4-16-5-12-14-15-16/h1-3,5H,4H2,(H,13,17)(H,18,19). The van der Waals surface area contributed by atoms with Gasteiger partial charge in [0, 0.05) is 10.2 Å². The smallest absolute Gasteiger partial charge is 0.336 e. The van der Waals surface area contributed by atoms with Crippen LogP contribution in [-0.4, -0.2) is 37.2 Å². The van der Waals surface area contributed by atoms with Crippen LogP contribution in [0.5, 0.6) is 0 Å². The van der Waals surface area contributed by atoms with Gasteiger partial charge < -0.3 is 10.4 Å². The highest BCUT2D eigenvalue weighted by Crippen LogP contribution is 2.21. The van der Waals surface area contributed by atoms with Gasteiger partial charge in [-0.15, -0.1) is 5.10 Å². The summed E-state index contributed by atoms with van der Waals surface area (Å²) in [5.74, 6) is -1.44. The molecular weight excluding hydrogens is 318 g/mol. The Labute approximate surface area is 115 Å². The van der Waals surface area contributed by atoms with Crippen LogP contribution in [-0.2, 0) is 11.3 Å². The summed E-state index contributed by atoms with van der Waals surface area (Å²) < 4.78 is 1.70. The number of halogens is 1. The first-order valence-electron chi connectivity index (χ1n) is 5.10. The largest absolute Gasteiger partial charge is 0.478 e. The maximum atomic E-state index is 11.7. The molecule has 0 saturated carbocycles. The number of carbonyl (C=O) groups excluding carboxylic acids is 1. The molecule has 0 saturated heterocycles. The number of anilines is 1. The van der Waals surface area contributed by atoms with Gasteiger partial charge in [-0.25, -0.2) is 9.48 Å². The van der Waals surface area contributed by atoms with Gasteiger partial charge >= 0.3 is 5.97 Å². The zero-order chi connectivity index (χ0) is 13.8. The van der Waals surface area contributed by atoms with Gasteiger partial charge in [-0.1, -0.05) is 0 Å². The van der Waals surface area contributed by atoms with E-state index in [4.69, 9.17) is 5.11 Å². The first kappa shape index (κ1) is 13.1. The Hall–Kier alpha value is -2.29. The molecular formula is C10H8BrN5O3. The van der Waals surface area contributed by atoms with Crippen LogP contribution in [0.25, 0.3) is 0 Å². The molecule has 0 unspecified atom stereocenters. The molecule has 2 aromatic rings. The van der Waals surface area contributed by atoms with E-state index >= 15 is 0 Å². The van der Waals surface area contributed by atoms with E-state index in [1.54, 1.807) is 12.1 Å². The number of aromatic carboxylic acids is 1. The molecule has 1 aromatic heterocycles. The van der Waals surface area contributed by atoms with Gasteiger partial charge in [-0.2, -0.15) is 0 Å². The summed E-state index contributed by atoms with van der Waals surface area (Å²) in [6.45, 7) is -0.0501. The average Bonchev–Trinajstić information content (AvgIpc) is 2.84. The minimum absolute atomic E-state index is 0.0501. The number of nitrogens with one attached hydrogen (secondary N) is 1. The Morgan fingerprint density at radius 2 is 2.21 bits per heavy atom. The second-order valence-corrected chi connectivity index (χ2v) is 4.41. The number of hydrogen-bond donors (Lipinski definition) is 2. The molecule has 0 aliphatic carbocycles. The highest BCUT2D eigenvalue weighted by molar-refractivity contribution is 9.10. The number of tetrazole rings is 1. The SMILES string of the molecule is O=C(Cn1cnnn1)Nc1ccc(Br)c(C(=O)O)c1. The second kappa shape index (κ2) is 5.57. The molecule has 2 N–H and O–H groups in total. The quantitative estimate of drug-likeness (QED) is 0.859. The minimum atomic E-state index is -1.08. The first-order valence-corrected chi connectivity index (χ1v) is 5.89. The molecule has 19 heavy (non-hydrogen) atoms. The van der Waals surface area contributed by atoms with E-state index in [0.717, 1.165) is 0 Å². The van der Waals surface area contributed by atoms with Gasteiger partial charge in [-0.05, 0) is 44.6 Å². The summed E-state index contributed by atoms with van der Waals surface area (Å²) in [7, 11) is 0. The van der Waals surface area contributed by atoms with Crippen molar-refractivity contribution in [2.75, 3.05) is 5.32 Å². The van der Waals surface area contributed by atoms with E-state index in [-0.39, 0.29) is 18.0 Å². The molecule has 1 aromatic carbocycles. The molecule has 8 nitrogen and oxygen atoms in total. The van der Waals surface area contributed by atoms with Crippen LogP contribution in [0.2, 0.25) is 0 Å². The summed E-state index contributed by atoms with van der Waals surface area (Å²) in [6, 6.07) is 4.51. The Balaban J connectivity index is 2.09. The van der Waals surface area contributed by atoms with Crippen molar-refractivity contribution < 1.29 is 14.7 Å². The van der Waals surface area contributed by atoms with Gasteiger partial charge in [0.25, 0.3) is 0 Å². The van der Waals surface area contributed by atoms with Crippen molar-refractivity contribution in [1.82, 2.24) is 20.2 Å². The average molecular weight is 326 g/mol. The fourth-order valence-corrected chi connectivity index (χ4v) is 1.78. The van der Waals surface area contributed by atoms with Gasteiger partial charge in [0.15, 0.2) is 0 Å². The van der Waals surface area contributed by atoms with Gasteiger partial charge in [0.1, 0.15) is 12.9 Å². The Morgan fingerprint density at radius 3 is 2.84 bits per heavy atom. The number of carboxylic acid groups (broad SMARTS) is 1. The van der Waals surface area contributed by atoms with E-state index in [9.17, 15) is 9.59 Å². The number of hydrogen-bond acceptors (Lipinski definition) is 5. The third-order valence-electron chi connectivity index (χ3n) is 2.18. The lowest BCUT2D eigenvalue weighted by atomic mass is 10.2. The lowest BCUT2D eigenvalue weighted by Crippen LogP contribution is -2.19. The van der Waals surface area contributed by atoms with Gasteiger partial charge in [-0.3, -0.25) is 4.79 Å². The van der Waals surface area contributed by atoms with Gasteiger partial charge in [0.2, 0.25) is 5.91 Å². The predicted molar refractivity (Wildman–Crippen MR) is 67.5 cm³/mol. The summed E-state index contributed by atoms with van der Waals surface area (Å²) in [6.07, 6.45) is 1.31. The third-order valence-corrected chi connectivity index (χ3v) is 2.87. The van der Waals surface area contributed by atoms with E-state index < -0.39 is 5.97 Å². The summed E-state index contributed by atoms with van der Waals surface area (Å²) in [5.41, 5.74) is 0.457. The maximum Gasteiger partial charge on any atom is 0.336 e. The normalized spacial score (nSPS) is 10.2. The number of amides is 1. The minimum Gasteiger partial charge on any atom is -0.478 e. The molecule has 0 spiro atoms. The monoisotopic (exact) mass is 325 g/mol. The molecule has 0 bridgehead atoms. The second-order valence-electron chi connectivity index (χ2n) is 3.56. The van der Waals surface area contributed by atoms with E-state index in [1.807, 2.05) is 0 Å². The molecule has 0 aliphatic heterocycles. The number of carboxylic acids is 1. The molecule has 0 radical (unpaired) electrons. The fraction of sp³-hybridized carbons (Fsp3) is 0.100. The number of carbonyl (C=O) groups is 2. The van der Waals surface area contributed by atoms with Crippen molar-refractivity contribution in [2.24, 2.45) is 0 Å². The molecule has 0 atom stereocenters. The molecule has 0 fully saturated rings. The Kier molecular flexibility index (Phi) is 3.85. The van der Waals surface area contributed by atoms with Crippen LogP contribution in [0.3, 0.4) is 0 Å². The lowest BCUT2D eigenvalue weighted by molar-refractivity contribution is -0.116.